The van der Waals surface area contributed by atoms with Gasteiger partial charge in [-0.2, -0.15) is 0 Å². The van der Waals surface area contributed by atoms with E-state index in [1.807, 2.05) is 0 Å². The highest BCUT2D eigenvalue weighted by Crippen LogP contribution is 2.36. The van der Waals surface area contributed by atoms with E-state index in [0.717, 1.165) is 0 Å². The normalized spacial score (nSPS) is 14.8. The van der Waals surface area contributed by atoms with Crippen molar-refractivity contribution < 1.29 is 33.3 Å². The Morgan fingerprint density at radius 2 is 1.86 bits per heavy atom. The van der Waals surface area contributed by atoms with E-state index < -0.39 is 12.1 Å². The number of carbonyl (C=O) groups excluding carboxylic acids is 2. The van der Waals surface area contributed by atoms with Crippen LogP contribution in [0.4, 0.5) is 0 Å². The highest BCUT2D eigenvalue weighted by Gasteiger charge is 2.28. The zero-order chi connectivity index (χ0) is 21.0. The van der Waals surface area contributed by atoms with Crippen LogP contribution in [-0.2, 0) is 9.53 Å². The summed E-state index contributed by atoms with van der Waals surface area (Å²) in [4.78, 5) is 24.4. The van der Waals surface area contributed by atoms with Crippen molar-refractivity contribution >= 4 is 17.8 Å². The molecule has 2 aromatic rings. The number of rotatable bonds is 7. The Bertz CT molecular complexity index is 962. The topological polar surface area (TPSA) is 80.3 Å². The van der Waals surface area contributed by atoms with Crippen molar-refractivity contribution in [3.8, 4) is 23.0 Å². The van der Waals surface area contributed by atoms with Gasteiger partial charge in [0.2, 0.25) is 5.78 Å². The summed E-state index contributed by atoms with van der Waals surface area (Å²) < 4.78 is 26.8. The fourth-order valence-electron chi connectivity index (χ4n) is 2.83. The van der Waals surface area contributed by atoms with Crippen LogP contribution >= 0.6 is 0 Å². The summed E-state index contributed by atoms with van der Waals surface area (Å²) in [6.45, 7) is 3.60. The lowest BCUT2D eigenvalue weighted by molar-refractivity contribution is -0.150. The number of allylic oxidation sites excluding steroid dienone is 1. The number of ether oxygens (including phenoxy) is 5. The van der Waals surface area contributed by atoms with Crippen molar-refractivity contribution in [2.75, 3.05) is 20.8 Å². The van der Waals surface area contributed by atoms with E-state index in [-0.39, 0.29) is 18.1 Å². The largest absolute Gasteiger partial charge is 0.497 e. The van der Waals surface area contributed by atoms with E-state index in [2.05, 4.69) is 0 Å². The molecular weight excluding hydrogens is 376 g/mol. The number of carbonyl (C=O) groups is 2. The van der Waals surface area contributed by atoms with Gasteiger partial charge in [-0.1, -0.05) is 0 Å². The number of methoxy groups -OCH3 is 2. The highest BCUT2D eigenvalue weighted by atomic mass is 16.6. The smallest absolute Gasteiger partial charge is 0.347 e. The number of hydrogen-bond acceptors (Lipinski definition) is 7. The molecule has 0 aliphatic carbocycles. The molecule has 0 saturated heterocycles. The van der Waals surface area contributed by atoms with Gasteiger partial charge in [-0.15, -0.1) is 0 Å². The number of fused-ring (bicyclic) bond motifs is 1. The Balaban J connectivity index is 1.82. The average Bonchev–Trinajstić information content (AvgIpc) is 3.03. The van der Waals surface area contributed by atoms with Crippen LogP contribution in [-0.4, -0.2) is 38.7 Å². The Kier molecular flexibility index (Phi) is 6.07. The van der Waals surface area contributed by atoms with E-state index in [9.17, 15) is 9.59 Å². The third kappa shape index (κ3) is 4.34. The molecule has 0 aromatic heterocycles. The van der Waals surface area contributed by atoms with Gasteiger partial charge in [-0.3, -0.25) is 4.79 Å². The first-order chi connectivity index (χ1) is 14.0. The summed E-state index contributed by atoms with van der Waals surface area (Å²) in [6.07, 6.45) is 0.839. The van der Waals surface area contributed by atoms with Gasteiger partial charge in [0, 0.05) is 17.7 Å². The zero-order valence-electron chi connectivity index (χ0n) is 16.7. The Morgan fingerprint density at radius 3 is 2.55 bits per heavy atom. The molecule has 0 spiro atoms. The van der Waals surface area contributed by atoms with Crippen molar-refractivity contribution in [2.45, 2.75) is 20.0 Å². The number of hydrogen-bond donors (Lipinski definition) is 0. The zero-order valence-corrected chi connectivity index (χ0v) is 16.7. The van der Waals surface area contributed by atoms with Crippen LogP contribution in [0.1, 0.15) is 29.8 Å². The monoisotopic (exact) mass is 398 g/mol. The van der Waals surface area contributed by atoms with Crippen LogP contribution in [0.2, 0.25) is 0 Å². The molecule has 152 valence electrons. The second kappa shape index (κ2) is 8.68. The molecule has 0 saturated carbocycles. The minimum absolute atomic E-state index is 0.166. The van der Waals surface area contributed by atoms with Gasteiger partial charge in [0.1, 0.15) is 23.0 Å². The quantitative estimate of drug-likeness (QED) is 0.520. The summed E-state index contributed by atoms with van der Waals surface area (Å²) in [6, 6.07) is 10.1. The number of Topliss-reactive ketones (excluding diaryl/α,β-unsaturated/α-hetero) is 1. The summed E-state index contributed by atoms with van der Waals surface area (Å²) >= 11 is 0. The summed E-state index contributed by atoms with van der Waals surface area (Å²) in [7, 11) is 3.10. The highest BCUT2D eigenvalue weighted by molar-refractivity contribution is 6.14. The maximum atomic E-state index is 12.7. The third-order valence-corrected chi connectivity index (χ3v) is 4.30. The molecular formula is C22H22O7. The fourth-order valence-corrected chi connectivity index (χ4v) is 2.83. The molecule has 1 unspecified atom stereocenters. The van der Waals surface area contributed by atoms with Crippen LogP contribution in [0.15, 0.2) is 42.2 Å². The van der Waals surface area contributed by atoms with Gasteiger partial charge in [-0.05, 0) is 44.2 Å². The first-order valence-corrected chi connectivity index (χ1v) is 9.10. The van der Waals surface area contributed by atoms with Crippen LogP contribution in [0.25, 0.3) is 6.08 Å². The van der Waals surface area contributed by atoms with Crippen LogP contribution in [0, 0.1) is 0 Å². The predicted molar refractivity (Wildman–Crippen MR) is 106 cm³/mol. The van der Waals surface area contributed by atoms with E-state index in [1.54, 1.807) is 63.4 Å². The van der Waals surface area contributed by atoms with E-state index in [4.69, 9.17) is 23.7 Å². The molecule has 7 heteroatoms. The molecule has 3 rings (SSSR count). The summed E-state index contributed by atoms with van der Waals surface area (Å²) in [5, 5.41) is 0. The Labute approximate surface area is 168 Å². The second-order valence-corrected chi connectivity index (χ2v) is 6.22. The van der Waals surface area contributed by atoms with E-state index in [0.29, 0.717) is 34.1 Å². The van der Waals surface area contributed by atoms with Gasteiger partial charge in [0.05, 0.1) is 26.4 Å². The molecule has 0 amide bonds. The van der Waals surface area contributed by atoms with Gasteiger partial charge in [0.15, 0.2) is 11.9 Å². The second-order valence-electron chi connectivity index (χ2n) is 6.22. The Hall–Kier alpha value is -3.48. The molecule has 1 aliphatic rings. The maximum Gasteiger partial charge on any atom is 0.347 e. The molecule has 29 heavy (non-hydrogen) atoms. The van der Waals surface area contributed by atoms with Crippen molar-refractivity contribution in [3.63, 3.8) is 0 Å². The van der Waals surface area contributed by atoms with E-state index in [1.165, 1.54) is 7.11 Å². The molecule has 1 heterocycles. The van der Waals surface area contributed by atoms with Crippen LogP contribution < -0.4 is 18.9 Å². The number of ketones is 1. The van der Waals surface area contributed by atoms with Crippen molar-refractivity contribution in [3.05, 3.63) is 53.3 Å². The van der Waals surface area contributed by atoms with Gasteiger partial charge in [-0.25, -0.2) is 4.79 Å². The molecule has 0 bridgehead atoms. The van der Waals surface area contributed by atoms with E-state index >= 15 is 0 Å². The molecule has 0 radical (unpaired) electrons. The summed E-state index contributed by atoms with van der Waals surface area (Å²) in [5.74, 6) is 1.42. The van der Waals surface area contributed by atoms with Crippen molar-refractivity contribution in [1.82, 2.24) is 0 Å². The molecule has 2 aromatic carbocycles. The lowest BCUT2D eigenvalue weighted by Gasteiger charge is -2.13. The first kappa shape index (κ1) is 20.3. The molecule has 7 nitrogen and oxygen atoms in total. The first-order valence-electron chi connectivity index (χ1n) is 9.10. The van der Waals surface area contributed by atoms with Crippen molar-refractivity contribution in [1.29, 1.82) is 0 Å². The van der Waals surface area contributed by atoms with Crippen LogP contribution in [0.5, 0.6) is 23.0 Å². The minimum Gasteiger partial charge on any atom is -0.497 e. The lowest BCUT2D eigenvalue weighted by atomic mass is 10.1. The van der Waals surface area contributed by atoms with Gasteiger partial charge in [0.25, 0.3) is 0 Å². The third-order valence-electron chi connectivity index (χ3n) is 4.30. The summed E-state index contributed by atoms with van der Waals surface area (Å²) in [5.41, 5.74) is 1.09. The van der Waals surface area contributed by atoms with Crippen LogP contribution in [0.3, 0.4) is 0 Å². The fraction of sp³-hybridized carbons (Fsp3) is 0.273. The van der Waals surface area contributed by atoms with Gasteiger partial charge >= 0.3 is 5.97 Å². The molecule has 0 fully saturated rings. The number of esters is 1. The standard InChI is InChI=1S/C22H22O7/c1-5-27-22(24)13(2)28-16-8-9-17-19(12-16)29-20(21(17)23)10-14-6-7-15(25-3)11-18(14)26-4/h6-13H,5H2,1-4H3. The van der Waals surface area contributed by atoms with Crippen molar-refractivity contribution in [2.24, 2.45) is 0 Å². The Morgan fingerprint density at radius 1 is 1.10 bits per heavy atom. The minimum atomic E-state index is -0.774. The number of benzene rings is 2. The predicted octanol–water partition coefficient (Wildman–Crippen LogP) is 3.65. The molecule has 1 atom stereocenters. The molecule has 0 N–H and O–H groups in total. The lowest BCUT2D eigenvalue weighted by Crippen LogP contribution is -2.26. The SMILES string of the molecule is CCOC(=O)C(C)Oc1ccc2c(c1)OC(=Cc1ccc(OC)cc1OC)C2=O. The average molecular weight is 398 g/mol. The molecule has 1 aliphatic heterocycles. The maximum absolute atomic E-state index is 12.7. The van der Waals surface area contributed by atoms with Gasteiger partial charge < -0.3 is 23.7 Å².